The Morgan fingerprint density at radius 1 is 0.787 bits per heavy atom. The number of ether oxygens (including phenoxy) is 1. The van der Waals surface area contributed by atoms with Crippen molar-refractivity contribution < 1.29 is 172 Å². The third kappa shape index (κ3) is 12.7. The van der Waals surface area contributed by atoms with Crippen LogP contribution in [-0.2, 0) is 26.1 Å². The summed E-state index contributed by atoms with van der Waals surface area (Å²) in [5.41, 5.74) is 6.47. The van der Waals surface area contributed by atoms with Gasteiger partial charge in [-0.15, -0.1) is 0 Å². The van der Waals surface area contributed by atoms with Crippen molar-refractivity contribution in [3.8, 4) is 11.1 Å². The number of rotatable bonds is 9. The van der Waals surface area contributed by atoms with Crippen LogP contribution in [0.2, 0.25) is 0 Å². The number of carbonyl (C=O) groups is 4. The fraction of sp³-hybridized carbons (Fsp3) is 0.176. The van der Waals surface area contributed by atoms with Gasteiger partial charge in [-0.05, 0) is 40.5 Å². The van der Waals surface area contributed by atoms with E-state index >= 15 is 0 Å². The molecular formula is C34H30BrCs2N3O7. The van der Waals surface area contributed by atoms with Gasteiger partial charge in [0.1, 0.15) is 12.6 Å². The van der Waals surface area contributed by atoms with Crippen LogP contribution in [0.5, 0.6) is 0 Å². The summed E-state index contributed by atoms with van der Waals surface area (Å²) >= 11 is 3.42. The van der Waals surface area contributed by atoms with Crippen molar-refractivity contribution in [2.75, 3.05) is 18.9 Å². The van der Waals surface area contributed by atoms with E-state index in [1.165, 1.54) is 11.9 Å². The van der Waals surface area contributed by atoms with Gasteiger partial charge < -0.3 is 35.3 Å². The molecule has 1 unspecified atom stereocenters. The van der Waals surface area contributed by atoms with Crippen LogP contribution in [0.3, 0.4) is 0 Å². The minimum Gasteiger partial charge on any atom is -0.652 e. The van der Waals surface area contributed by atoms with Crippen molar-refractivity contribution in [2.45, 2.75) is 23.9 Å². The van der Waals surface area contributed by atoms with Crippen molar-refractivity contribution in [1.29, 1.82) is 0 Å². The first-order valence-corrected chi connectivity index (χ1v) is 15.1. The maximum absolute atomic E-state index is 13.3. The number of carbonyl (C=O) groups excluding carboxylic acids is 4. The van der Waals surface area contributed by atoms with Crippen LogP contribution in [-0.4, -0.2) is 48.6 Å². The second kappa shape index (κ2) is 21.2. The Kier molecular flexibility index (Phi) is 19.0. The van der Waals surface area contributed by atoms with Crippen molar-refractivity contribution in [1.82, 2.24) is 10.2 Å². The van der Waals surface area contributed by atoms with Crippen LogP contribution in [0.25, 0.3) is 11.1 Å². The van der Waals surface area contributed by atoms with Gasteiger partial charge in [0.25, 0.3) is 0 Å². The third-order valence-corrected chi connectivity index (χ3v) is 7.65. The molecule has 47 heavy (non-hydrogen) atoms. The Morgan fingerprint density at radius 2 is 1.30 bits per heavy atom. The second-order valence-electron chi connectivity index (χ2n) is 10.2. The zero-order valence-electron chi connectivity index (χ0n) is 26.3. The number of nitrogens with one attached hydrogen (secondary N) is 2. The number of alkyl halides is 1. The monoisotopic (exact) mass is 937 g/mol. The molecule has 0 aromatic heterocycles. The molecule has 4 aromatic carbocycles. The number of carboxylic acid groups (broad SMARTS) is 2. The predicted octanol–water partition coefficient (Wildman–Crippen LogP) is -2.35. The summed E-state index contributed by atoms with van der Waals surface area (Å²) in [5, 5.41) is 23.1. The van der Waals surface area contributed by atoms with E-state index in [2.05, 4.69) is 26.6 Å². The molecule has 0 saturated heterocycles. The van der Waals surface area contributed by atoms with Crippen molar-refractivity contribution >= 4 is 45.7 Å². The van der Waals surface area contributed by atoms with E-state index in [0.717, 1.165) is 33.4 Å². The van der Waals surface area contributed by atoms with Gasteiger partial charge in [-0.1, -0.05) is 107 Å². The van der Waals surface area contributed by atoms with E-state index < -0.39 is 30.3 Å². The Hall–Kier alpha value is -1.06. The van der Waals surface area contributed by atoms with Crippen LogP contribution in [0.15, 0.2) is 103 Å². The van der Waals surface area contributed by atoms with E-state index in [4.69, 9.17) is 19.7 Å². The van der Waals surface area contributed by atoms with Crippen LogP contribution in [0, 0.1) is 0 Å². The first kappa shape index (κ1) is 42.1. The molecule has 1 aliphatic carbocycles. The van der Waals surface area contributed by atoms with Crippen LogP contribution in [0.4, 0.5) is 15.3 Å². The third-order valence-electron chi connectivity index (χ3n) is 7.00. The molecule has 0 heterocycles. The first-order chi connectivity index (χ1) is 21.7. The molecular weight excluding hydrogens is 908 g/mol. The molecule has 0 aliphatic heterocycles. The van der Waals surface area contributed by atoms with Gasteiger partial charge in [0.2, 0.25) is 11.8 Å². The Labute approximate surface area is 399 Å². The number of anilines is 1. The van der Waals surface area contributed by atoms with Gasteiger partial charge in [-0.3, -0.25) is 9.59 Å². The molecule has 1 aliphatic rings. The van der Waals surface area contributed by atoms with E-state index in [1.807, 2.05) is 103 Å². The summed E-state index contributed by atoms with van der Waals surface area (Å²) in [7, 11) is 1.51. The molecule has 2 N–H and O–H groups in total. The van der Waals surface area contributed by atoms with Crippen molar-refractivity contribution in [2.24, 2.45) is 0 Å². The summed E-state index contributed by atoms with van der Waals surface area (Å²) in [6.45, 7) is -0.270. The molecule has 0 bridgehead atoms. The Balaban J connectivity index is 0.00000121. The van der Waals surface area contributed by atoms with Crippen molar-refractivity contribution in [3.05, 3.63) is 125 Å². The van der Waals surface area contributed by atoms with Gasteiger partial charge in [0.05, 0.1) is 0 Å². The van der Waals surface area contributed by atoms with Gasteiger partial charge in [-0.2, -0.15) is 0 Å². The van der Waals surface area contributed by atoms with Crippen molar-refractivity contribution in [3.63, 3.8) is 0 Å². The van der Waals surface area contributed by atoms with Crippen LogP contribution >= 0.6 is 15.9 Å². The number of hydrogen-bond donors (Lipinski definition) is 2. The van der Waals surface area contributed by atoms with Crippen LogP contribution < -0.4 is 159 Å². The SMILES string of the molecule is CN(CC(=O)NC(Cc1ccccc1)C(=O)Nc1ccc(CBr)cc1)C(=O)OC1c2ccccc2-c2ccccc21.O=C([O-])[O-].[Cs+].[Cs+]. The van der Waals surface area contributed by atoms with Gasteiger partial charge in [0.15, 0.2) is 6.10 Å². The molecule has 10 nitrogen and oxygen atoms in total. The molecule has 13 heteroatoms. The number of likely N-dealkylation sites (N-methyl/N-ethyl adjacent to an activating group) is 1. The molecule has 232 valence electrons. The molecule has 0 fully saturated rings. The normalized spacial score (nSPS) is 11.4. The summed E-state index contributed by atoms with van der Waals surface area (Å²) in [4.78, 5) is 49.0. The minimum atomic E-state index is -2.33. The summed E-state index contributed by atoms with van der Waals surface area (Å²) in [6.07, 6.45) is -3.23. The molecule has 1 atom stereocenters. The number of hydrogen-bond acceptors (Lipinski definition) is 7. The minimum absolute atomic E-state index is 0. The average Bonchev–Trinajstić information content (AvgIpc) is 3.34. The van der Waals surface area contributed by atoms with Gasteiger partial charge in [-0.25, -0.2) is 4.79 Å². The maximum atomic E-state index is 13.3. The molecule has 3 amide bonds. The standard InChI is InChI=1S/C33H30BrN3O4.CH2O3.2Cs/c1-37(33(40)41-31-27-13-7-5-11-25(27)26-12-6-8-14-28(26)31)21-30(38)36-29(19-22-9-3-2-4-10-22)32(39)35-24-17-15-23(20-34)16-18-24;2-1(3)4;;/h2-18,29,31H,19-21H2,1H3,(H,35,39)(H,36,38);(H2,2,3,4);;/q;;2*+1/p-2. The largest absolute Gasteiger partial charge is 1.00 e. The van der Waals surface area contributed by atoms with Gasteiger partial charge >= 0.3 is 144 Å². The molecule has 4 aromatic rings. The van der Waals surface area contributed by atoms with E-state index in [-0.39, 0.29) is 150 Å². The van der Waals surface area contributed by atoms with E-state index in [1.54, 1.807) is 0 Å². The summed E-state index contributed by atoms with van der Waals surface area (Å²) < 4.78 is 5.90. The topological polar surface area (TPSA) is 151 Å². The molecule has 5 rings (SSSR count). The number of fused-ring (bicyclic) bond motifs is 3. The van der Waals surface area contributed by atoms with E-state index in [9.17, 15) is 14.4 Å². The van der Waals surface area contributed by atoms with E-state index in [0.29, 0.717) is 17.4 Å². The number of amides is 3. The Bertz CT molecular complexity index is 1610. The predicted molar refractivity (Wildman–Crippen MR) is 168 cm³/mol. The number of halogens is 1. The summed E-state index contributed by atoms with van der Waals surface area (Å²) in [6, 6.07) is 31.7. The maximum Gasteiger partial charge on any atom is 1.00 e. The molecule has 0 saturated carbocycles. The summed E-state index contributed by atoms with van der Waals surface area (Å²) in [5.74, 6) is -0.819. The zero-order valence-corrected chi connectivity index (χ0v) is 40.4. The fourth-order valence-corrected chi connectivity index (χ4v) is 5.29. The van der Waals surface area contributed by atoms with Gasteiger partial charge in [0, 0.05) is 35.6 Å². The Morgan fingerprint density at radius 3 is 1.83 bits per heavy atom. The fourth-order valence-electron chi connectivity index (χ4n) is 4.91. The first-order valence-electron chi connectivity index (χ1n) is 13.9. The zero-order chi connectivity index (χ0) is 32.3. The molecule has 0 radical (unpaired) electrons. The van der Waals surface area contributed by atoms with Crippen LogP contribution in [0.1, 0.15) is 28.4 Å². The quantitative estimate of drug-likeness (QED) is 0.179. The number of nitrogens with zero attached hydrogens (tertiary/aromatic N) is 1. The molecule has 0 spiro atoms. The number of benzene rings is 4. The second-order valence-corrected chi connectivity index (χ2v) is 10.7. The smallest absolute Gasteiger partial charge is 0.652 e. The average molecular weight is 938 g/mol.